The van der Waals surface area contributed by atoms with Gasteiger partial charge in [-0.05, 0) is 61.8 Å². The molecular formula is C21H20FN3O3. The van der Waals surface area contributed by atoms with Gasteiger partial charge in [-0.25, -0.2) is 9.78 Å². The molecule has 6 nitrogen and oxygen atoms in total. The molecule has 0 atom stereocenters. The van der Waals surface area contributed by atoms with E-state index in [0.29, 0.717) is 12.1 Å². The monoisotopic (exact) mass is 381 g/mol. The number of hydrogen-bond donors (Lipinski definition) is 1. The quantitative estimate of drug-likeness (QED) is 0.704. The molecule has 1 aliphatic rings. The molecule has 0 bridgehead atoms. The van der Waals surface area contributed by atoms with Crippen LogP contribution in [0.2, 0.25) is 0 Å². The molecule has 4 rings (SSSR count). The predicted octanol–water partition coefficient (Wildman–Crippen LogP) is 2.91. The van der Waals surface area contributed by atoms with Gasteiger partial charge in [-0.3, -0.25) is 14.1 Å². The second-order valence-electron chi connectivity index (χ2n) is 7.09. The average Bonchev–Trinajstić information content (AvgIpc) is 2.70. The Hall–Kier alpha value is -3.06. The van der Waals surface area contributed by atoms with Crippen LogP contribution in [0.4, 0.5) is 4.39 Å². The zero-order valence-corrected chi connectivity index (χ0v) is 15.2. The molecular weight excluding hydrogens is 361 g/mol. The Bertz CT molecular complexity index is 1090. The third-order valence-corrected chi connectivity index (χ3v) is 5.32. The number of carbonyl (C=O) groups is 1. The number of nitrogens with zero attached hydrogens (tertiary/aromatic N) is 3. The number of piperidine rings is 1. The summed E-state index contributed by atoms with van der Waals surface area (Å²) in [5.74, 6) is -1.46. The van der Waals surface area contributed by atoms with E-state index in [-0.39, 0.29) is 11.5 Å². The van der Waals surface area contributed by atoms with Crippen LogP contribution in [0.5, 0.6) is 0 Å². The van der Waals surface area contributed by atoms with Gasteiger partial charge in [-0.15, -0.1) is 0 Å². The van der Waals surface area contributed by atoms with Crippen LogP contribution in [0.1, 0.15) is 40.4 Å². The number of aromatic carboxylic acids is 1. The van der Waals surface area contributed by atoms with Crippen molar-refractivity contribution in [3.63, 3.8) is 0 Å². The summed E-state index contributed by atoms with van der Waals surface area (Å²) in [4.78, 5) is 30.1. The van der Waals surface area contributed by atoms with Crippen LogP contribution in [-0.2, 0) is 6.54 Å². The maximum absolute atomic E-state index is 13.4. The number of rotatable bonds is 4. The van der Waals surface area contributed by atoms with Crippen LogP contribution in [0, 0.1) is 5.95 Å². The van der Waals surface area contributed by atoms with Crippen LogP contribution in [-0.4, -0.2) is 38.4 Å². The third kappa shape index (κ3) is 3.53. The Morgan fingerprint density at radius 2 is 1.96 bits per heavy atom. The van der Waals surface area contributed by atoms with Crippen molar-refractivity contribution in [3.05, 3.63) is 81.8 Å². The SMILES string of the molecule is O=C(O)c1cc(CN2CCC(c3cccc(F)n3)CC2)c2ccccn2c1=O. The highest BCUT2D eigenvalue weighted by molar-refractivity contribution is 5.88. The second kappa shape index (κ2) is 7.52. The van der Waals surface area contributed by atoms with E-state index >= 15 is 0 Å². The number of likely N-dealkylation sites (tertiary alicyclic amines) is 1. The van der Waals surface area contributed by atoms with Crippen LogP contribution in [0.15, 0.2) is 53.5 Å². The lowest BCUT2D eigenvalue weighted by Crippen LogP contribution is -2.33. The van der Waals surface area contributed by atoms with Crippen LogP contribution in [0.25, 0.3) is 5.52 Å². The first-order valence-electron chi connectivity index (χ1n) is 9.24. The van der Waals surface area contributed by atoms with Gasteiger partial charge in [0.05, 0.1) is 5.52 Å². The van der Waals surface area contributed by atoms with Crippen molar-refractivity contribution in [1.29, 1.82) is 0 Å². The Balaban J connectivity index is 1.56. The van der Waals surface area contributed by atoms with E-state index < -0.39 is 17.5 Å². The second-order valence-corrected chi connectivity index (χ2v) is 7.09. The Labute approximate surface area is 160 Å². The van der Waals surface area contributed by atoms with E-state index in [4.69, 9.17) is 0 Å². The molecule has 1 saturated heterocycles. The Morgan fingerprint density at radius 1 is 1.18 bits per heavy atom. The molecule has 7 heteroatoms. The van der Waals surface area contributed by atoms with Crippen molar-refractivity contribution in [1.82, 2.24) is 14.3 Å². The molecule has 0 amide bonds. The lowest BCUT2D eigenvalue weighted by Gasteiger charge is -2.32. The summed E-state index contributed by atoms with van der Waals surface area (Å²) in [6, 6.07) is 11.7. The Morgan fingerprint density at radius 3 is 2.68 bits per heavy atom. The molecule has 3 aromatic heterocycles. The van der Waals surface area contributed by atoms with Gasteiger partial charge >= 0.3 is 5.97 Å². The van der Waals surface area contributed by atoms with Crippen LogP contribution in [0.3, 0.4) is 0 Å². The zero-order chi connectivity index (χ0) is 19.7. The number of fused-ring (bicyclic) bond motifs is 1. The largest absolute Gasteiger partial charge is 0.477 e. The van der Waals surface area contributed by atoms with Gasteiger partial charge in [0, 0.05) is 24.4 Å². The number of carboxylic acids is 1. The van der Waals surface area contributed by atoms with Crippen molar-refractivity contribution < 1.29 is 14.3 Å². The zero-order valence-electron chi connectivity index (χ0n) is 15.2. The molecule has 1 N–H and O–H groups in total. The fourth-order valence-electron chi connectivity index (χ4n) is 3.88. The minimum absolute atomic E-state index is 0.219. The minimum Gasteiger partial charge on any atom is -0.477 e. The maximum atomic E-state index is 13.4. The highest BCUT2D eigenvalue weighted by Gasteiger charge is 2.23. The van der Waals surface area contributed by atoms with E-state index in [2.05, 4.69) is 9.88 Å². The summed E-state index contributed by atoms with van der Waals surface area (Å²) < 4.78 is 14.8. The van der Waals surface area contributed by atoms with Gasteiger partial charge < -0.3 is 5.11 Å². The number of carboxylic acid groups (broad SMARTS) is 1. The number of aromatic nitrogens is 2. The highest BCUT2D eigenvalue weighted by atomic mass is 19.1. The molecule has 0 unspecified atom stereocenters. The molecule has 0 saturated carbocycles. The average molecular weight is 381 g/mol. The summed E-state index contributed by atoms with van der Waals surface area (Å²) in [5, 5.41) is 9.37. The van der Waals surface area contributed by atoms with Gasteiger partial charge in [0.15, 0.2) is 0 Å². The van der Waals surface area contributed by atoms with Gasteiger partial charge in [0.1, 0.15) is 5.56 Å². The topological polar surface area (TPSA) is 74.9 Å². The van der Waals surface area contributed by atoms with Gasteiger partial charge in [-0.1, -0.05) is 12.1 Å². The molecule has 0 aromatic carbocycles. The smallest absolute Gasteiger partial charge is 0.341 e. The van der Waals surface area contributed by atoms with E-state index in [9.17, 15) is 19.1 Å². The van der Waals surface area contributed by atoms with Crippen LogP contribution < -0.4 is 5.56 Å². The molecule has 0 spiro atoms. The summed E-state index contributed by atoms with van der Waals surface area (Å²) in [7, 11) is 0. The lowest BCUT2D eigenvalue weighted by atomic mass is 9.92. The normalized spacial score (nSPS) is 15.8. The molecule has 144 valence electrons. The van der Waals surface area contributed by atoms with Gasteiger partial charge in [0.25, 0.3) is 5.56 Å². The fourth-order valence-corrected chi connectivity index (χ4v) is 3.88. The Kier molecular flexibility index (Phi) is 4.92. The molecule has 28 heavy (non-hydrogen) atoms. The molecule has 0 aliphatic carbocycles. The van der Waals surface area contributed by atoms with Crippen molar-refractivity contribution in [2.24, 2.45) is 0 Å². The van der Waals surface area contributed by atoms with Crippen molar-refractivity contribution >= 4 is 11.5 Å². The van der Waals surface area contributed by atoms with Crippen LogP contribution >= 0.6 is 0 Å². The molecule has 3 aromatic rings. The van der Waals surface area contributed by atoms with E-state index in [0.717, 1.165) is 37.2 Å². The van der Waals surface area contributed by atoms with Gasteiger partial charge in [-0.2, -0.15) is 4.39 Å². The number of halogens is 1. The predicted molar refractivity (Wildman–Crippen MR) is 102 cm³/mol. The van der Waals surface area contributed by atoms with Gasteiger partial charge in [0.2, 0.25) is 5.95 Å². The minimum atomic E-state index is -1.22. The molecule has 1 aliphatic heterocycles. The highest BCUT2D eigenvalue weighted by Crippen LogP contribution is 2.28. The first-order valence-corrected chi connectivity index (χ1v) is 9.24. The van der Waals surface area contributed by atoms with E-state index in [1.54, 1.807) is 18.3 Å². The lowest BCUT2D eigenvalue weighted by molar-refractivity contribution is 0.0694. The first-order chi connectivity index (χ1) is 13.5. The number of hydrogen-bond acceptors (Lipinski definition) is 4. The van der Waals surface area contributed by atoms with Crippen molar-refractivity contribution in [2.45, 2.75) is 25.3 Å². The maximum Gasteiger partial charge on any atom is 0.341 e. The summed E-state index contributed by atoms with van der Waals surface area (Å²) in [6.45, 7) is 2.14. The van der Waals surface area contributed by atoms with E-state index in [1.165, 1.54) is 16.5 Å². The summed E-state index contributed by atoms with van der Waals surface area (Å²) >= 11 is 0. The summed E-state index contributed by atoms with van der Waals surface area (Å²) in [6.07, 6.45) is 3.30. The molecule has 4 heterocycles. The summed E-state index contributed by atoms with van der Waals surface area (Å²) in [5.41, 5.74) is 1.55. The molecule has 0 radical (unpaired) electrons. The fraction of sp³-hybridized carbons (Fsp3) is 0.286. The third-order valence-electron chi connectivity index (χ3n) is 5.32. The van der Waals surface area contributed by atoms with E-state index in [1.807, 2.05) is 18.2 Å². The number of pyridine rings is 3. The van der Waals surface area contributed by atoms with Crippen molar-refractivity contribution in [3.8, 4) is 0 Å². The van der Waals surface area contributed by atoms with Crippen molar-refractivity contribution in [2.75, 3.05) is 13.1 Å². The standard InChI is InChI=1S/C21H20FN3O3/c22-19-6-3-4-17(23-19)14-7-10-24(11-8-14)13-15-12-16(21(27)28)20(26)25-9-2-1-5-18(15)25/h1-6,9,12,14H,7-8,10-11,13H2,(H,27,28). The molecule has 1 fully saturated rings. The first kappa shape index (κ1) is 18.3.